The van der Waals surface area contributed by atoms with Crippen LogP contribution in [0.15, 0.2) is 0 Å². The molecule has 6 heteroatoms. The van der Waals surface area contributed by atoms with Crippen LogP contribution in [0.5, 0.6) is 0 Å². The van der Waals surface area contributed by atoms with Gasteiger partial charge in [0.25, 0.3) is 0 Å². The van der Waals surface area contributed by atoms with Crippen LogP contribution in [0.2, 0.25) is 0 Å². The average Bonchev–Trinajstić information content (AvgIpc) is 2.86. The number of ether oxygens (including phenoxy) is 2. The van der Waals surface area contributed by atoms with Crippen molar-refractivity contribution in [3.05, 3.63) is 0 Å². The van der Waals surface area contributed by atoms with E-state index in [1.807, 2.05) is 41.5 Å². The summed E-state index contributed by atoms with van der Waals surface area (Å²) in [7, 11) is 0. The molecule has 0 aromatic rings. The molecule has 0 aromatic heterocycles. The standard InChI is InChI=1S/C17H32N2O4/c1-11(2)14(12(3)19-16(21)23-17(4,5)6)15(20)18-10-13-8-7-9-22-13/h11-14H,7-10H2,1-6H3,(H,18,20)(H,19,21)/t12-,13-,14+/m1/s1. The molecule has 2 N–H and O–H groups in total. The smallest absolute Gasteiger partial charge is 0.407 e. The van der Waals surface area contributed by atoms with Crippen LogP contribution in [-0.2, 0) is 14.3 Å². The Morgan fingerprint density at radius 1 is 1.26 bits per heavy atom. The monoisotopic (exact) mass is 328 g/mol. The van der Waals surface area contributed by atoms with Gasteiger partial charge in [-0.25, -0.2) is 4.79 Å². The lowest BCUT2D eigenvalue weighted by atomic mass is 9.88. The second-order valence-electron chi connectivity index (χ2n) is 7.58. The Hall–Kier alpha value is -1.30. The Morgan fingerprint density at radius 2 is 1.91 bits per heavy atom. The molecule has 1 aliphatic heterocycles. The number of carbonyl (C=O) groups excluding carboxylic acids is 2. The van der Waals surface area contributed by atoms with Crippen LogP contribution in [0.4, 0.5) is 4.79 Å². The van der Waals surface area contributed by atoms with Gasteiger partial charge in [-0.3, -0.25) is 4.79 Å². The molecule has 1 fully saturated rings. The zero-order chi connectivity index (χ0) is 17.6. The summed E-state index contributed by atoms with van der Waals surface area (Å²) in [6.45, 7) is 12.5. The Kier molecular flexibility index (Phi) is 7.32. The number of hydrogen-bond acceptors (Lipinski definition) is 4. The minimum absolute atomic E-state index is 0.0564. The van der Waals surface area contributed by atoms with Crippen molar-refractivity contribution in [2.45, 2.75) is 72.1 Å². The van der Waals surface area contributed by atoms with Crippen molar-refractivity contribution in [1.82, 2.24) is 10.6 Å². The minimum Gasteiger partial charge on any atom is -0.444 e. The molecule has 0 bridgehead atoms. The van der Waals surface area contributed by atoms with E-state index in [-0.39, 0.29) is 29.9 Å². The third kappa shape index (κ3) is 7.20. The van der Waals surface area contributed by atoms with Crippen molar-refractivity contribution >= 4 is 12.0 Å². The molecule has 2 amide bonds. The zero-order valence-electron chi connectivity index (χ0n) is 15.3. The fourth-order valence-corrected chi connectivity index (χ4v) is 2.83. The van der Waals surface area contributed by atoms with Crippen molar-refractivity contribution in [2.75, 3.05) is 13.2 Å². The topological polar surface area (TPSA) is 76.7 Å². The van der Waals surface area contributed by atoms with Crippen molar-refractivity contribution in [1.29, 1.82) is 0 Å². The summed E-state index contributed by atoms with van der Waals surface area (Å²) >= 11 is 0. The molecular formula is C17H32N2O4. The maximum absolute atomic E-state index is 12.5. The molecule has 0 spiro atoms. The van der Waals surface area contributed by atoms with Crippen molar-refractivity contribution in [2.24, 2.45) is 11.8 Å². The van der Waals surface area contributed by atoms with E-state index in [4.69, 9.17) is 9.47 Å². The lowest BCUT2D eigenvalue weighted by molar-refractivity contribution is -0.127. The van der Waals surface area contributed by atoms with Gasteiger partial charge >= 0.3 is 6.09 Å². The van der Waals surface area contributed by atoms with E-state index in [0.29, 0.717) is 6.54 Å². The second-order valence-corrected chi connectivity index (χ2v) is 7.58. The molecular weight excluding hydrogens is 296 g/mol. The number of nitrogens with one attached hydrogen (secondary N) is 2. The lowest BCUT2D eigenvalue weighted by Crippen LogP contribution is -2.49. The van der Waals surface area contributed by atoms with Crippen LogP contribution >= 0.6 is 0 Å². The van der Waals surface area contributed by atoms with E-state index in [1.165, 1.54) is 0 Å². The summed E-state index contributed by atoms with van der Waals surface area (Å²) in [5.74, 6) is -0.271. The molecule has 23 heavy (non-hydrogen) atoms. The SMILES string of the molecule is CC(C)[C@H](C(=O)NC[C@H]1CCCO1)[C@@H](C)NC(=O)OC(C)(C)C. The van der Waals surface area contributed by atoms with Gasteiger partial charge in [-0.05, 0) is 46.5 Å². The van der Waals surface area contributed by atoms with Gasteiger partial charge in [0.1, 0.15) is 5.60 Å². The molecule has 0 aliphatic carbocycles. The van der Waals surface area contributed by atoms with Crippen LogP contribution in [0.25, 0.3) is 0 Å². The van der Waals surface area contributed by atoms with Crippen LogP contribution in [0, 0.1) is 11.8 Å². The molecule has 6 nitrogen and oxygen atoms in total. The molecule has 1 aliphatic rings. The summed E-state index contributed by atoms with van der Waals surface area (Å²) in [5, 5.41) is 5.73. The Labute approximate surface area is 139 Å². The molecule has 1 saturated heterocycles. The predicted octanol–water partition coefficient (Wildman–Crippen LogP) is 2.47. The van der Waals surface area contributed by atoms with Crippen LogP contribution < -0.4 is 10.6 Å². The van der Waals surface area contributed by atoms with E-state index < -0.39 is 11.7 Å². The molecule has 3 atom stereocenters. The first kappa shape index (κ1) is 19.7. The van der Waals surface area contributed by atoms with E-state index in [2.05, 4.69) is 10.6 Å². The van der Waals surface area contributed by atoms with E-state index in [0.717, 1.165) is 19.4 Å². The van der Waals surface area contributed by atoms with Crippen molar-refractivity contribution < 1.29 is 19.1 Å². The van der Waals surface area contributed by atoms with Gasteiger partial charge in [0, 0.05) is 19.2 Å². The van der Waals surface area contributed by atoms with Gasteiger partial charge in [-0.15, -0.1) is 0 Å². The largest absolute Gasteiger partial charge is 0.444 e. The number of hydrogen-bond donors (Lipinski definition) is 2. The van der Waals surface area contributed by atoms with Gasteiger partial charge in [-0.1, -0.05) is 13.8 Å². The first-order valence-electron chi connectivity index (χ1n) is 8.49. The molecule has 0 saturated carbocycles. The fraction of sp³-hybridized carbons (Fsp3) is 0.882. The quantitative estimate of drug-likeness (QED) is 0.785. The molecule has 0 radical (unpaired) electrons. The Morgan fingerprint density at radius 3 is 2.39 bits per heavy atom. The summed E-state index contributed by atoms with van der Waals surface area (Å²) < 4.78 is 10.8. The van der Waals surface area contributed by atoms with Crippen molar-refractivity contribution in [3.8, 4) is 0 Å². The molecule has 0 aromatic carbocycles. The Balaban J connectivity index is 2.54. The van der Waals surface area contributed by atoms with Crippen LogP contribution in [-0.4, -0.2) is 42.9 Å². The number of alkyl carbamates (subject to hydrolysis) is 1. The van der Waals surface area contributed by atoms with E-state index in [9.17, 15) is 9.59 Å². The second kappa shape index (κ2) is 8.52. The first-order chi connectivity index (χ1) is 10.6. The van der Waals surface area contributed by atoms with Crippen LogP contribution in [0.1, 0.15) is 54.4 Å². The third-order valence-corrected chi connectivity index (χ3v) is 3.83. The van der Waals surface area contributed by atoms with Gasteiger partial charge in [-0.2, -0.15) is 0 Å². The number of rotatable bonds is 6. The van der Waals surface area contributed by atoms with Gasteiger partial charge in [0.05, 0.1) is 12.0 Å². The highest BCUT2D eigenvalue weighted by molar-refractivity contribution is 5.80. The zero-order valence-corrected chi connectivity index (χ0v) is 15.3. The number of carbonyl (C=O) groups is 2. The number of amides is 2. The summed E-state index contributed by atoms with van der Waals surface area (Å²) in [6, 6.07) is -0.311. The molecule has 0 unspecified atom stereocenters. The maximum atomic E-state index is 12.5. The highest BCUT2D eigenvalue weighted by Gasteiger charge is 2.31. The molecule has 134 valence electrons. The highest BCUT2D eigenvalue weighted by Crippen LogP contribution is 2.18. The highest BCUT2D eigenvalue weighted by atomic mass is 16.6. The van der Waals surface area contributed by atoms with Gasteiger partial charge < -0.3 is 20.1 Å². The third-order valence-electron chi connectivity index (χ3n) is 3.83. The van der Waals surface area contributed by atoms with E-state index >= 15 is 0 Å². The molecule has 1 rings (SSSR count). The van der Waals surface area contributed by atoms with Gasteiger partial charge in [0.15, 0.2) is 0 Å². The predicted molar refractivity (Wildman–Crippen MR) is 89.1 cm³/mol. The summed E-state index contributed by atoms with van der Waals surface area (Å²) in [5.41, 5.74) is -0.556. The lowest BCUT2D eigenvalue weighted by Gasteiger charge is -2.29. The summed E-state index contributed by atoms with van der Waals surface area (Å²) in [4.78, 5) is 24.4. The van der Waals surface area contributed by atoms with Crippen LogP contribution in [0.3, 0.4) is 0 Å². The summed E-state index contributed by atoms with van der Waals surface area (Å²) in [6.07, 6.45) is 1.65. The first-order valence-corrected chi connectivity index (χ1v) is 8.49. The fourth-order valence-electron chi connectivity index (χ4n) is 2.83. The molecule has 1 heterocycles. The minimum atomic E-state index is -0.556. The van der Waals surface area contributed by atoms with Gasteiger partial charge in [0.2, 0.25) is 5.91 Å². The average molecular weight is 328 g/mol. The normalized spacial score (nSPS) is 20.9. The maximum Gasteiger partial charge on any atom is 0.407 e. The Bertz CT molecular complexity index is 398. The van der Waals surface area contributed by atoms with E-state index in [1.54, 1.807) is 0 Å². The van der Waals surface area contributed by atoms with Crippen molar-refractivity contribution in [3.63, 3.8) is 0 Å².